The number of nitrogens with one attached hydrogen (secondary N) is 1. The minimum atomic E-state index is -0.0535. The third kappa shape index (κ3) is 6.92. The molecule has 36 heavy (non-hydrogen) atoms. The molecule has 5 heteroatoms. The molecule has 1 N–H and O–H groups in total. The van der Waals surface area contributed by atoms with Crippen LogP contribution in [0.3, 0.4) is 0 Å². The van der Waals surface area contributed by atoms with Gasteiger partial charge >= 0.3 is 0 Å². The molecule has 2 aromatic carbocycles. The van der Waals surface area contributed by atoms with E-state index in [4.69, 9.17) is 23.0 Å². The van der Waals surface area contributed by atoms with Gasteiger partial charge in [0.2, 0.25) is 5.91 Å². The molecular weight excluding hydrogens is 466 g/mol. The van der Waals surface area contributed by atoms with Crippen LogP contribution in [-0.4, -0.2) is 29.7 Å². The molecule has 2 aliphatic rings. The number of halogens is 1. The molecule has 4 nitrogen and oxygen atoms in total. The van der Waals surface area contributed by atoms with Crippen molar-refractivity contribution in [3.8, 4) is 12.3 Å². The van der Waals surface area contributed by atoms with Crippen LogP contribution in [0.15, 0.2) is 53.5 Å². The smallest absolute Gasteiger partial charge is 0.222 e. The van der Waals surface area contributed by atoms with Crippen molar-refractivity contribution in [3.05, 3.63) is 64.7 Å². The van der Waals surface area contributed by atoms with E-state index in [1.165, 1.54) is 24.8 Å². The fourth-order valence-electron chi connectivity index (χ4n) is 5.48. The minimum absolute atomic E-state index is 0.0535. The summed E-state index contributed by atoms with van der Waals surface area (Å²) in [7, 11) is 0. The van der Waals surface area contributed by atoms with Gasteiger partial charge in [-0.15, -0.1) is 12.3 Å². The number of piperidine rings is 1. The van der Waals surface area contributed by atoms with Gasteiger partial charge in [-0.2, -0.15) is 0 Å². The first-order valence-electron chi connectivity index (χ1n) is 13.5. The van der Waals surface area contributed by atoms with Crippen LogP contribution in [0.25, 0.3) is 0 Å². The van der Waals surface area contributed by atoms with Gasteiger partial charge in [-0.25, -0.2) is 0 Å². The van der Waals surface area contributed by atoms with Gasteiger partial charge in [0.15, 0.2) is 0 Å². The summed E-state index contributed by atoms with van der Waals surface area (Å²) < 4.78 is 0. The Morgan fingerprint density at radius 3 is 2.56 bits per heavy atom. The predicted octanol–water partition coefficient (Wildman–Crippen LogP) is 7.27. The normalized spacial score (nSPS) is 17.4. The van der Waals surface area contributed by atoms with Crippen molar-refractivity contribution < 1.29 is 4.79 Å². The summed E-state index contributed by atoms with van der Waals surface area (Å²) >= 11 is 6.19. The lowest BCUT2D eigenvalue weighted by atomic mass is 9.70. The Morgan fingerprint density at radius 2 is 1.78 bits per heavy atom. The number of fused-ring (bicyclic) bond motifs is 1. The molecule has 4 rings (SSSR count). The molecule has 0 bridgehead atoms. The summed E-state index contributed by atoms with van der Waals surface area (Å²) in [6.07, 6.45) is 16.5. The van der Waals surface area contributed by atoms with Gasteiger partial charge in [0.1, 0.15) is 5.84 Å². The second kappa shape index (κ2) is 13.0. The van der Waals surface area contributed by atoms with E-state index in [-0.39, 0.29) is 5.41 Å². The monoisotopic (exact) mass is 503 g/mol. The topological polar surface area (TPSA) is 44.7 Å². The maximum atomic E-state index is 12.9. The van der Waals surface area contributed by atoms with Gasteiger partial charge in [-0.1, -0.05) is 67.6 Å². The number of likely N-dealkylation sites (tertiary alicyclic amines) is 1. The first kappa shape index (κ1) is 26.3. The van der Waals surface area contributed by atoms with Gasteiger partial charge in [0.25, 0.3) is 0 Å². The second-order valence-electron chi connectivity index (χ2n) is 10.2. The molecule has 0 unspecified atom stereocenters. The zero-order chi connectivity index (χ0) is 25.2. The van der Waals surface area contributed by atoms with Crippen LogP contribution in [0, 0.1) is 17.8 Å². The number of carbonyl (C=O) groups excluding carboxylic acids is 1. The van der Waals surface area contributed by atoms with E-state index < -0.39 is 0 Å². The molecular formula is C31H38ClN3O. The van der Waals surface area contributed by atoms with E-state index >= 15 is 0 Å². The van der Waals surface area contributed by atoms with Crippen molar-refractivity contribution in [2.45, 2.75) is 77.2 Å². The fraction of sp³-hybridized carbons (Fsp3) is 0.484. The number of anilines is 1. The SMILES string of the molecule is C#CCCCCCCCCC(=O)N1CCC2(CC1)Cc1ccccc1NC2=NCc1cccc(Cl)c1. The number of benzene rings is 2. The minimum Gasteiger partial charge on any atom is -0.343 e. The molecule has 1 saturated heterocycles. The molecule has 1 spiro atoms. The van der Waals surface area contributed by atoms with E-state index in [0.29, 0.717) is 18.9 Å². The third-order valence-electron chi connectivity index (χ3n) is 7.65. The fourth-order valence-corrected chi connectivity index (χ4v) is 5.70. The molecule has 190 valence electrons. The number of amides is 1. The predicted molar refractivity (Wildman–Crippen MR) is 150 cm³/mol. The highest BCUT2D eigenvalue weighted by molar-refractivity contribution is 6.30. The Hall–Kier alpha value is -2.77. The zero-order valence-corrected chi connectivity index (χ0v) is 22.0. The number of unbranched alkanes of at least 4 members (excludes halogenated alkanes) is 6. The lowest BCUT2D eigenvalue weighted by Crippen LogP contribution is -2.51. The standard InChI is InChI=1S/C31H38ClN3O/c1-2-3-4-5-6-7-8-9-17-29(36)35-20-18-31(19-21-35)23-26-14-10-11-16-28(26)34-30(31)33-24-25-13-12-15-27(32)22-25/h1,10-16,22H,3-9,17-21,23-24H2,(H,33,34). The maximum Gasteiger partial charge on any atom is 0.222 e. The van der Waals surface area contributed by atoms with Crippen LogP contribution in [0.2, 0.25) is 5.02 Å². The lowest BCUT2D eigenvalue weighted by molar-refractivity contribution is -0.133. The van der Waals surface area contributed by atoms with Crippen LogP contribution >= 0.6 is 11.6 Å². The highest BCUT2D eigenvalue weighted by Gasteiger charge is 2.43. The molecule has 1 amide bonds. The van der Waals surface area contributed by atoms with Gasteiger partial charge in [0.05, 0.1) is 6.54 Å². The van der Waals surface area contributed by atoms with E-state index in [1.807, 2.05) is 18.2 Å². The van der Waals surface area contributed by atoms with Crippen LogP contribution in [0.5, 0.6) is 0 Å². The number of terminal acetylenes is 1. The number of hydrogen-bond donors (Lipinski definition) is 1. The van der Waals surface area contributed by atoms with Crippen molar-refractivity contribution in [1.29, 1.82) is 0 Å². The summed E-state index contributed by atoms with van der Waals surface area (Å²) in [5.41, 5.74) is 3.53. The maximum absolute atomic E-state index is 12.9. The molecule has 2 aromatic rings. The van der Waals surface area contributed by atoms with Gasteiger partial charge < -0.3 is 10.2 Å². The average molecular weight is 504 g/mol. The van der Waals surface area contributed by atoms with Crippen molar-refractivity contribution >= 4 is 29.0 Å². The van der Waals surface area contributed by atoms with E-state index in [1.54, 1.807) is 0 Å². The molecule has 2 aliphatic heterocycles. The average Bonchev–Trinajstić information content (AvgIpc) is 2.89. The summed E-state index contributed by atoms with van der Waals surface area (Å²) in [5, 5.41) is 4.39. The molecule has 0 saturated carbocycles. The van der Waals surface area contributed by atoms with Crippen molar-refractivity contribution in [1.82, 2.24) is 4.90 Å². The quantitative estimate of drug-likeness (QED) is 0.273. The number of aliphatic imine (C=N–C) groups is 1. The van der Waals surface area contributed by atoms with E-state index in [0.717, 1.165) is 80.1 Å². The first-order valence-corrected chi connectivity index (χ1v) is 13.8. The van der Waals surface area contributed by atoms with Crippen molar-refractivity contribution in [3.63, 3.8) is 0 Å². The second-order valence-corrected chi connectivity index (χ2v) is 10.7. The Labute approximate surface area is 221 Å². The number of rotatable bonds is 10. The molecule has 1 fully saturated rings. The Balaban J connectivity index is 1.34. The third-order valence-corrected chi connectivity index (χ3v) is 7.88. The highest BCUT2D eigenvalue weighted by Crippen LogP contribution is 2.42. The van der Waals surface area contributed by atoms with Crippen molar-refractivity contribution in [2.75, 3.05) is 18.4 Å². The van der Waals surface area contributed by atoms with Crippen LogP contribution in [0.1, 0.15) is 75.3 Å². The Bertz CT molecular complexity index is 1090. The lowest BCUT2D eigenvalue weighted by Gasteiger charge is -2.45. The number of hydrogen-bond acceptors (Lipinski definition) is 2. The van der Waals surface area contributed by atoms with Crippen LogP contribution < -0.4 is 5.32 Å². The Kier molecular flexibility index (Phi) is 9.47. The highest BCUT2D eigenvalue weighted by atomic mass is 35.5. The molecule has 2 heterocycles. The summed E-state index contributed by atoms with van der Waals surface area (Å²) in [5.74, 6) is 4.06. The molecule has 0 aromatic heterocycles. The van der Waals surface area contributed by atoms with Gasteiger partial charge in [0, 0.05) is 42.1 Å². The zero-order valence-electron chi connectivity index (χ0n) is 21.3. The number of nitrogens with zero attached hydrogens (tertiary/aromatic N) is 2. The number of para-hydroxylation sites is 1. The van der Waals surface area contributed by atoms with Gasteiger partial charge in [-0.3, -0.25) is 9.79 Å². The van der Waals surface area contributed by atoms with Gasteiger partial charge in [-0.05, 0) is 61.4 Å². The van der Waals surface area contributed by atoms with Crippen LogP contribution in [-0.2, 0) is 17.8 Å². The van der Waals surface area contributed by atoms with E-state index in [9.17, 15) is 4.79 Å². The number of amidine groups is 1. The molecule has 0 radical (unpaired) electrons. The number of carbonyl (C=O) groups is 1. The summed E-state index contributed by atoms with van der Waals surface area (Å²) in [4.78, 5) is 20.1. The molecule has 0 atom stereocenters. The summed E-state index contributed by atoms with van der Waals surface area (Å²) in [6, 6.07) is 16.4. The molecule has 0 aliphatic carbocycles. The largest absolute Gasteiger partial charge is 0.343 e. The summed E-state index contributed by atoms with van der Waals surface area (Å²) in [6.45, 7) is 2.19. The van der Waals surface area contributed by atoms with Crippen molar-refractivity contribution in [2.24, 2.45) is 10.4 Å². The first-order chi connectivity index (χ1) is 17.6. The Morgan fingerprint density at radius 1 is 1.03 bits per heavy atom. The van der Waals surface area contributed by atoms with E-state index in [2.05, 4.69) is 46.5 Å². The van der Waals surface area contributed by atoms with Crippen LogP contribution in [0.4, 0.5) is 5.69 Å².